The van der Waals surface area contributed by atoms with E-state index in [0.29, 0.717) is 11.8 Å². The third-order valence-corrected chi connectivity index (χ3v) is 4.61. The van der Waals surface area contributed by atoms with Crippen molar-refractivity contribution in [1.29, 1.82) is 0 Å². The summed E-state index contributed by atoms with van der Waals surface area (Å²) in [5, 5.41) is 15.8. The van der Waals surface area contributed by atoms with E-state index in [4.69, 9.17) is 4.42 Å². The van der Waals surface area contributed by atoms with Gasteiger partial charge in [-0.2, -0.15) is 0 Å². The Morgan fingerprint density at radius 1 is 1.17 bits per heavy atom. The lowest BCUT2D eigenvalue weighted by Gasteiger charge is -2.15. The summed E-state index contributed by atoms with van der Waals surface area (Å²) in [4.78, 5) is 9.26. The Morgan fingerprint density at radius 2 is 1.93 bits per heavy atom. The Labute approximate surface area is 191 Å². The van der Waals surface area contributed by atoms with Crippen molar-refractivity contribution >= 4 is 29.9 Å². The van der Waals surface area contributed by atoms with Crippen molar-refractivity contribution in [2.24, 2.45) is 10.9 Å². The maximum atomic E-state index is 9.20. The minimum absolute atomic E-state index is 0. The van der Waals surface area contributed by atoms with E-state index < -0.39 is 0 Å². The number of aryl methyl sites for hydroxylation is 1. The normalized spacial score (nSPS) is 12.3. The minimum Gasteiger partial charge on any atom is -0.444 e. The topological polar surface area (TPSA) is 82.7 Å². The first-order valence-corrected chi connectivity index (χ1v) is 10.3. The van der Waals surface area contributed by atoms with Gasteiger partial charge in [0, 0.05) is 38.2 Å². The number of hydrogen-bond donors (Lipinski definition) is 3. The Bertz CT molecular complexity index is 710. The number of oxazole rings is 1. The summed E-state index contributed by atoms with van der Waals surface area (Å²) in [6.07, 6.45) is 5.48. The molecule has 0 saturated heterocycles. The quantitative estimate of drug-likeness (QED) is 0.238. The number of nitrogens with one attached hydrogen (secondary N) is 2. The van der Waals surface area contributed by atoms with E-state index in [-0.39, 0.29) is 30.6 Å². The molecule has 0 aliphatic heterocycles. The molecule has 0 saturated carbocycles. The predicted octanol–water partition coefficient (Wildman–Crippen LogP) is 4.16. The molecular formula is C22H35IN4O2. The zero-order valence-corrected chi connectivity index (χ0v) is 20.1. The molecule has 6 nitrogen and oxygen atoms in total. The zero-order chi connectivity index (χ0) is 20.2. The third kappa shape index (κ3) is 9.16. The zero-order valence-electron chi connectivity index (χ0n) is 17.8. The first-order chi connectivity index (χ1) is 13.7. The van der Waals surface area contributed by atoms with Gasteiger partial charge in [-0.1, -0.05) is 31.0 Å². The van der Waals surface area contributed by atoms with Crippen molar-refractivity contribution in [3.63, 3.8) is 0 Å². The van der Waals surface area contributed by atoms with Crippen LogP contribution in [0.1, 0.15) is 44.4 Å². The van der Waals surface area contributed by atoms with Crippen LogP contribution >= 0.6 is 24.0 Å². The molecule has 0 bridgehead atoms. The van der Waals surface area contributed by atoms with Crippen molar-refractivity contribution in [3.8, 4) is 11.5 Å². The van der Waals surface area contributed by atoms with Crippen LogP contribution in [0.25, 0.3) is 11.5 Å². The van der Waals surface area contributed by atoms with Gasteiger partial charge in [-0.15, -0.1) is 24.0 Å². The highest BCUT2D eigenvalue weighted by Gasteiger charge is 2.09. The van der Waals surface area contributed by atoms with Crippen molar-refractivity contribution < 1.29 is 9.52 Å². The van der Waals surface area contributed by atoms with Crippen LogP contribution in [-0.2, 0) is 6.42 Å². The highest BCUT2D eigenvalue weighted by Crippen LogP contribution is 2.19. The van der Waals surface area contributed by atoms with Gasteiger partial charge in [0.15, 0.2) is 5.96 Å². The van der Waals surface area contributed by atoms with E-state index in [1.165, 1.54) is 5.56 Å². The van der Waals surface area contributed by atoms with Crippen molar-refractivity contribution in [1.82, 2.24) is 15.6 Å². The number of benzene rings is 1. The Hall–Kier alpha value is -1.61. The molecule has 1 aromatic carbocycles. The van der Waals surface area contributed by atoms with Crippen molar-refractivity contribution in [3.05, 3.63) is 41.8 Å². The van der Waals surface area contributed by atoms with Crippen molar-refractivity contribution in [2.45, 2.75) is 46.5 Å². The van der Waals surface area contributed by atoms with Crippen LogP contribution in [-0.4, -0.2) is 42.3 Å². The van der Waals surface area contributed by atoms with Crippen LogP contribution in [0.3, 0.4) is 0 Å². The van der Waals surface area contributed by atoms with Crippen LogP contribution in [0.4, 0.5) is 0 Å². The Kier molecular flexibility index (Phi) is 12.6. The van der Waals surface area contributed by atoms with Gasteiger partial charge in [-0.25, -0.2) is 4.98 Å². The predicted molar refractivity (Wildman–Crippen MR) is 130 cm³/mol. The van der Waals surface area contributed by atoms with Crippen LogP contribution < -0.4 is 10.6 Å². The van der Waals surface area contributed by atoms with Gasteiger partial charge < -0.3 is 20.2 Å². The maximum absolute atomic E-state index is 9.20. The number of aliphatic imine (C=N–C) groups is 1. The number of aliphatic hydroxyl groups is 1. The Morgan fingerprint density at radius 3 is 2.59 bits per heavy atom. The molecule has 0 radical (unpaired) electrons. The average molecular weight is 514 g/mol. The molecule has 29 heavy (non-hydrogen) atoms. The SMILES string of the molecule is CCCC(CCO)CN=C(NCC)NCCc1coc(-c2ccc(C)cc2)n1.I. The summed E-state index contributed by atoms with van der Waals surface area (Å²) >= 11 is 0. The van der Waals surface area contributed by atoms with Crippen LogP contribution in [0.5, 0.6) is 0 Å². The van der Waals surface area contributed by atoms with Gasteiger partial charge in [-0.05, 0) is 44.7 Å². The van der Waals surface area contributed by atoms with Gasteiger partial charge in [0.25, 0.3) is 0 Å². The molecule has 7 heteroatoms. The summed E-state index contributed by atoms with van der Waals surface area (Å²) in [6.45, 7) is 8.77. The highest BCUT2D eigenvalue weighted by atomic mass is 127. The lowest BCUT2D eigenvalue weighted by molar-refractivity contribution is 0.253. The number of rotatable bonds is 11. The third-order valence-electron chi connectivity index (χ3n) is 4.61. The smallest absolute Gasteiger partial charge is 0.226 e. The molecule has 162 valence electrons. The molecule has 1 aromatic heterocycles. The number of aromatic nitrogens is 1. The molecular weight excluding hydrogens is 479 g/mol. The van der Waals surface area contributed by atoms with E-state index in [1.54, 1.807) is 6.26 Å². The lowest BCUT2D eigenvalue weighted by Crippen LogP contribution is -2.38. The molecule has 1 unspecified atom stereocenters. The Balaban J connectivity index is 0.00000420. The molecule has 1 atom stereocenters. The van der Waals surface area contributed by atoms with Crippen LogP contribution in [0.15, 0.2) is 39.9 Å². The number of hydrogen-bond acceptors (Lipinski definition) is 4. The number of aliphatic hydroxyl groups excluding tert-OH is 1. The summed E-state index contributed by atoms with van der Waals surface area (Å²) in [7, 11) is 0. The molecule has 0 fully saturated rings. The van der Waals surface area contributed by atoms with Crippen molar-refractivity contribution in [2.75, 3.05) is 26.2 Å². The molecule has 0 spiro atoms. The van der Waals surface area contributed by atoms with Crippen LogP contribution in [0, 0.1) is 12.8 Å². The minimum atomic E-state index is 0. The lowest BCUT2D eigenvalue weighted by atomic mass is 10.0. The molecule has 2 rings (SSSR count). The van der Waals surface area contributed by atoms with E-state index in [0.717, 1.165) is 62.5 Å². The average Bonchev–Trinajstić information content (AvgIpc) is 3.15. The second-order valence-corrected chi connectivity index (χ2v) is 7.07. The molecule has 2 aromatic rings. The standard InChI is InChI=1S/C22H34N4O2.HI/c1-4-6-18(12-14-27)15-25-22(23-5-2)24-13-11-20-16-28-21(26-20)19-9-7-17(3)8-10-19;/h7-10,16,18,27H,4-6,11-15H2,1-3H3,(H2,23,24,25);1H. The van der Waals surface area contributed by atoms with E-state index >= 15 is 0 Å². The molecule has 1 heterocycles. The molecule has 0 aliphatic rings. The molecule has 0 aliphatic carbocycles. The van der Waals surface area contributed by atoms with Gasteiger partial charge in [0.05, 0.1) is 5.69 Å². The molecule has 3 N–H and O–H groups in total. The summed E-state index contributed by atoms with van der Waals surface area (Å²) in [5.74, 6) is 1.89. The fraction of sp³-hybridized carbons (Fsp3) is 0.545. The first-order valence-electron chi connectivity index (χ1n) is 10.3. The van der Waals surface area contributed by atoms with E-state index in [2.05, 4.69) is 53.5 Å². The number of nitrogens with zero attached hydrogens (tertiary/aromatic N) is 2. The number of halogens is 1. The first kappa shape index (κ1) is 25.4. The van der Waals surface area contributed by atoms with Gasteiger partial charge in [0.2, 0.25) is 5.89 Å². The second kappa shape index (κ2) is 14.4. The monoisotopic (exact) mass is 514 g/mol. The van der Waals surface area contributed by atoms with Gasteiger partial charge in [0.1, 0.15) is 6.26 Å². The second-order valence-electron chi connectivity index (χ2n) is 7.07. The highest BCUT2D eigenvalue weighted by molar-refractivity contribution is 14.0. The fourth-order valence-corrected chi connectivity index (χ4v) is 3.04. The largest absolute Gasteiger partial charge is 0.444 e. The number of guanidine groups is 1. The summed E-state index contributed by atoms with van der Waals surface area (Å²) in [6, 6.07) is 8.17. The van der Waals surface area contributed by atoms with E-state index in [1.807, 2.05) is 12.1 Å². The summed E-state index contributed by atoms with van der Waals surface area (Å²) in [5.41, 5.74) is 3.13. The molecule has 0 amide bonds. The van der Waals surface area contributed by atoms with Gasteiger partial charge >= 0.3 is 0 Å². The maximum Gasteiger partial charge on any atom is 0.226 e. The fourth-order valence-electron chi connectivity index (χ4n) is 3.04. The van der Waals surface area contributed by atoms with Gasteiger partial charge in [-0.3, -0.25) is 4.99 Å². The summed E-state index contributed by atoms with van der Waals surface area (Å²) < 4.78 is 5.62. The van der Waals surface area contributed by atoms with Crippen LogP contribution in [0.2, 0.25) is 0 Å². The van der Waals surface area contributed by atoms with E-state index in [9.17, 15) is 5.11 Å².